The first-order chi connectivity index (χ1) is 13.8. The van der Waals surface area contributed by atoms with Gasteiger partial charge in [-0.15, -0.1) is 0 Å². The summed E-state index contributed by atoms with van der Waals surface area (Å²) in [6.45, 7) is 2.12. The number of fused-ring (bicyclic) bond motifs is 4. The lowest BCUT2D eigenvalue weighted by Crippen LogP contribution is -2.34. The highest BCUT2D eigenvalue weighted by molar-refractivity contribution is 5.96. The number of para-hydroxylation sites is 1. The summed E-state index contributed by atoms with van der Waals surface area (Å²) >= 11 is 0. The van der Waals surface area contributed by atoms with Gasteiger partial charge < -0.3 is 19.1 Å². The number of hydrogen-bond donors (Lipinski definition) is 0. The third-order valence-electron chi connectivity index (χ3n) is 5.66. The molecule has 0 aromatic heterocycles. The van der Waals surface area contributed by atoms with E-state index in [1.807, 2.05) is 18.2 Å². The molecular weight excluding hydrogens is 352 g/mol. The molecule has 3 aliphatic heterocycles. The van der Waals surface area contributed by atoms with Crippen LogP contribution in [-0.4, -0.2) is 43.8 Å². The van der Waals surface area contributed by atoms with E-state index in [4.69, 9.17) is 14.2 Å². The van der Waals surface area contributed by atoms with Crippen LogP contribution in [0.5, 0.6) is 11.5 Å². The molecule has 0 spiro atoms. The Kier molecular flexibility index (Phi) is 4.43. The predicted octanol–water partition coefficient (Wildman–Crippen LogP) is 3.67. The maximum Gasteiger partial charge on any atom is 0.212 e. The lowest BCUT2D eigenvalue weighted by molar-refractivity contribution is 0.104. The van der Waals surface area contributed by atoms with E-state index in [-0.39, 0.29) is 6.10 Å². The van der Waals surface area contributed by atoms with E-state index >= 15 is 0 Å². The molecule has 2 aromatic rings. The second kappa shape index (κ2) is 7.23. The number of nitrogens with zero attached hydrogens (tertiary/aromatic N) is 2. The molecule has 1 unspecified atom stereocenters. The number of rotatable bonds is 3. The third kappa shape index (κ3) is 3.21. The molecule has 0 amide bonds. The van der Waals surface area contributed by atoms with E-state index in [1.165, 1.54) is 22.4 Å². The van der Waals surface area contributed by atoms with E-state index < -0.39 is 0 Å². The molecule has 0 aliphatic carbocycles. The Labute approximate surface area is 165 Å². The summed E-state index contributed by atoms with van der Waals surface area (Å²) in [5, 5.41) is 0. The number of aliphatic imine (C=N–C) groups is 1. The van der Waals surface area contributed by atoms with E-state index in [0.717, 1.165) is 37.3 Å². The second-order valence-corrected chi connectivity index (χ2v) is 7.40. The topological polar surface area (TPSA) is 43.3 Å². The van der Waals surface area contributed by atoms with Crippen molar-refractivity contribution in [3.8, 4) is 11.5 Å². The van der Waals surface area contributed by atoms with Crippen molar-refractivity contribution in [2.75, 3.05) is 26.9 Å². The zero-order valence-electron chi connectivity index (χ0n) is 16.1. The molecule has 3 heterocycles. The average Bonchev–Trinajstić information content (AvgIpc) is 2.76. The van der Waals surface area contributed by atoms with Crippen LogP contribution in [0.25, 0.3) is 5.70 Å². The Bertz CT molecular complexity index is 951. The monoisotopic (exact) mass is 376 g/mol. The van der Waals surface area contributed by atoms with Crippen molar-refractivity contribution in [1.82, 2.24) is 4.90 Å². The number of aryl methyl sites for hydroxylation is 1. The molecule has 144 valence electrons. The van der Waals surface area contributed by atoms with Crippen molar-refractivity contribution in [3.05, 3.63) is 65.2 Å². The smallest absolute Gasteiger partial charge is 0.212 e. The van der Waals surface area contributed by atoms with Crippen LogP contribution in [0.3, 0.4) is 0 Å². The van der Waals surface area contributed by atoms with Gasteiger partial charge in [0.25, 0.3) is 0 Å². The standard InChI is InChI=1S/C23H24N2O3/c1-26-18-8-9-20-17(12-18)10-11-25-15-24-23(13-21(20)25)27-14-19-7-6-16-4-2-3-5-22(16)28-19/h2-5,8-9,12-13,19H,6-7,10-11,14-15H2,1H3. The van der Waals surface area contributed by atoms with E-state index in [1.54, 1.807) is 7.11 Å². The summed E-state index contributed by atoms with van der Waals surface area (Å²) in [5.74, 6) is 2.58. The van der Waals surface area contributed by atoms with Crippen LogP contribution in [0.2, 0.25) is 0 Å². The fourth-order valence-electron chi connectivity index (χ4n) is 4.10. The molecule has 0 bridgehead atoms. The van der Waals surface area contributed by atoms with Crippen molar-refractivity contribution < 1.29 is 14.2 Å². The van der Waals surface area contributed by atoms with Crippen LogP contribution in [0.4, 0.5) is 0 Å². The van der Waals surface area contributed by atoms with Crippen molar-refractivity contribution in [3.63, 3.8) is 0 Å². The minimum Gasteiger partial charge on any atom is -0.497 e. The van der Waals surface area contributed by atoms with Crippen molar-refractivity contribution in [1.29, 1.82) is 0 Å². The Morgan fingerprint density at radius 3 is 3.00 bits per heavy atom. The molecule has 1 atom stereocenters. The van der Waals surface area contributed by atoms with Crippen molar-refractivity contribution in [2.24, 2.45) is 4.99 Å². The SMILES string of the molecule is COc1ccc2c(c1)CCN1CN=C(OCC3CCc4ccccc4O3)C=C21. The van der Waals surface area contributed by atoms with Gasteiger partial charge in [0.15, 0.2) is 0 Å². The lowest BCUT2D eigenvalue weighted by atomic mass is 9.95. The van der Waals surface area contributed by atoms with Crippen LogP contribution in [0.15, 0.2) is 53.5 Å². The van der Waals surface area contributed by atoms with Crippen LogP contribution in [0, 0.1) is 0 Å². The minimum absolute atomic E-state index is 0.0666. The molecule has 5 rings (SSSR count). The molecule has 5 nitrogen and oxygen atoms in total. The molecule has 28 heavy (non-hydrogen) atoms. The molecule has 0 N–H and O–H groups in total. The maximum absolute atomic E-state index is 6.09. The van der Waals surface area contributed by atoms with Crippen LogP contribution < -0.4 is 9.47 Å². The summed E-state index contributed by atoms with van der Waals surface area (Å²) in [6, 6.07) is 14.5. The second-order valence-electron chi connectivity index (χ2n) is 7.40. The molecule has 2 aromatic carbocycles. The lowest BCUT2D eigenvalue weighted by Gasteiger charge is -2.34. The minimum atomic E-state index is 0.0666. The van der Waals surface area contributed by atoms with Gasteiger partial charge in [0.05, 0.1) is 12.8 Å². The first-order valence-electron chi connectivity index (χ1n) is 9.86. The fourth-order valence-corrected chi connectivity index (χ4v) is 4.10. The molecule has 0 radical (unpaired) electrons. The average molecular weight is 376 g/mol. The number of ether oxygens (including phenoxy) is 3. The van der Waals surface area contributed by atoms with Crippen LogP contribution in [-0.2, 0) is 17.6 Å². The van der Waals surface area contributed by atoms with Crippen LogP contribution in [0.1, 0.15) is 23.1 Å². The van der Waals surface area contributed by atoms with E-state index in [9.17, 15) is 0 Å². The summed E-state index contributed by atoms with van der Waals surface area (Å²) in [7, 11) is 1.71. The normalized spacial score (nSPS) is 20.0. The third-order valence-corrected chi connectivity index (χ3v) is 5.66. The zero-order chi connectivity index (χ0) is 18.9. The summed E-state index contributed by atoms with van der Waals surface area (Å²) < 4.78 is 17.5. The Morgan fingerprint density at radius 1 is 1.14 bits per heavy atom. The highest BCUT2D eigenvalue weighted by atomic mass is 16.5. The number of methoxy groups -OCH3 is 1. The molecule has 0 fully saturated rings. The Balaban J connectivity index is 1.29. The van der Waals surface area contributed by atoms with Gasteiger partial charge in [0, 0.05) is 18.2 Å². The zero-order valence-corrected chi connectivity index (χ0v) is 16.1. The molecular formula is C23H24N2O3. The van der Waals surface area contributed by atoms with Gasteiger partial charge >= 0.3 is 0 Å². The quantitative estimate of drug-likeness (QED) is 0.820. The first-order valence-corrected chi connectivity index (χ1v) is 9.86. The highest BCUT2D eigenvalue weighted by Crippen LogP contribution is 2.33. The largest absolute Gasteiger partial charge is 0.497 e. The number of hydrogen-bond acceptors (Lipinski definition) is 5. The Morgan fingerprint density at radius 2 is 2.07 bits per heavy atom. The van der Waals surface area contributed by atoms with Gasteiger partial charge in [-0.1, -0.05) is 18.2 Å². The van der Waals surface area contributed by atoms with Crippen molar-refractivity contribution >= 4 is 11.6 Å². The van der Waals surface area contributed by atoms with Gasteiger partial charge in [0.1, 0.15) is 30.9 Å². The van der Waals surface area contributed by atoms with E-state index in [2.05, 4.69) is 40.2 Å². The summed E-state index contributed by atoms with van der Waals surface area (Å²) in [5.41, 5.74) is 5.02. The molecule has 0 saturated heterocycles. The van der Waals surface area contributed by atoms with Gasteiger partial charge in [-0.25, -0.2) is 4.99 Å². The molecule has 5 heteroatoms. The first kappa shape index (κ1) is 17.2. The fraction of sp³-hybridized carbons (Fsp3) is 0.348. The summed E-state index contributed by atoms with van der Waals surface area (Å²) in [6.07, 6.45) is 5.13. The predicted molar refractivity (Wildman–Crippen MR) is 109 cm³/mol. The van der Waals surface area contributed by atoms with E-state index in [0.29, 0.717) is 19.2 Å². The highest BCUT2D eigenvalue weighted by Gasteiger charge is 2.26. The Hall–Kier alpha value is -2.95. The molecule has 0 saturated carbocycles. The summed E-state index contributed by atoms with van der Waals surface area (Å²) in [4.78, 5) is 6.91. The van der Waals surface area contributed by atoms with Gasteiger partial charge in [-0.3, -0.25) is 0 Å². The van der Waals surface area contributed by atoms with Gasteiger partial charge in [0.2, 0.25) is 5.90 Å². The number of benzene rings is 2. The maximum atomic E-state index is 6.09. The van der Waals surface area contributed by atoms with Gasteiger partial charge in [-0.05, 0) is 54.7 Å². The van der Waals surface area contributed by atoms with Crippen molar-refractivity contribution in [2.45, 2.75) is 25.4 Å². The van der Waals surface area contributed by atoms with Crippen LogP contribution >= 0.6 is 0 Å². The molecule has 3 aliphatic rings. The van der Waals surface area contributed by atoms with Gasteiger partial charge in [-0.2, -0.15) is 0 Å².